The third-order valence-electron chi connectivity index (χ3n) is 3.78. The smallest absolute Gasteiger partial charge is 0.311 e. The fourth-order valence-corrected chi connectivity index (χ4v) is 2.60. The van der Waals surface area contributed by atoms with Gasteiger partial charge in [0, 0.05) is 0 Å². The first-order valence-electron chi connectivity index (χ1n) is 7.87. The number of hydrogen-bond donors (Lipinski definition) is 0. The maximum atomic E-state index is 12.2. The molecular weight excluding hydrogens is 300 g/mol. The lowest BCUT2D eigenvalue weighted by Gasteiger charge is -2.16. The largest absolute Gasteiger partial charge is 0.427 e. The molecule has 24 heavy (non-hydrogen) atoms. The van der Waals surface area contributed by atoms with E-state index in [1.807, 2.05) is 43.3 Å². The van der Waals surface area contributed by atoms with Crippen molar-refractivity contribution in [3.8, 4) is 17.9 Å². The molecule has 2 aromatic carbocycles. The van der Waals surface area contributed by atoms with Crippen LogP contribution in [0.2, 0.25) is 0 Å². The molecule has 2 aromatic rings. The van der Waals surface area contributed by atoms with Crippen LogP contribution < -0.4 is 4.74 Å². The minimum absolute atomic E-state index is 0.0361. The Hall–Kier alpha value is -3.11. The normalized spacial score (nSPS) is 11.1. The Bertz CT molecular complexity index is 786. The number of carbonyl (C=O) groups is 1. The molecule has 1 atom stereocenters. The fraction of sp³-hybridized carbons (Fsp3) is 0.250. The molecule has 4 nitrogen and oxygen atoms in total. The van der Waals surface area contributed by atoms with Crippen LogP contribution in [-0.2, 0) is 4.79 Å². The van der Waals surface area contributed by atoms with E-state index in [4.69, 9.17) is 15.3 Å². The highest BCUT2D eigenvalue weighted by molar-refractivity contribution is 5.73. The Kier molecular flexibility index (Phi) is 6.11. The van der Waals surface area contributed by atoms with E-state index in [0.29, 0.717) is 16.9 Å². The second-order valence-corrected chi connectivity index (χ2v) is 5.51. The molecular formula is C20H18N2O2. The SMILES string of the molecule is CCCC(CC(=O)Oc1ccccc1)c1ccc(C#N)c(C#N)c1. The summed E-state index contributed by atoms with van der Waals surface area (Å²) in [5, 5.41) is 18.2. The summed E-state index contributed by atoms with van der Waals surface area (Å²) in [7, 11) is 0. The first-order valence-corrected chi connectivity index (χ1v) is 7.87. The number of nitrogens with zero attached hydrogens (tertiary/aromatic N) is 2. The van der Waals surface area contributed by atoms with Gasteiger partial charge in [0.1, 0.15) is 17.9 Å². The number of rotatable bonds is 6. The van der Waals surface area contributed by atoms with E-state index in [0.717, 1.165) is 18.4 Å². The molecule has 1 unspecified atom stereocenters. The highest BCUT2D eigenvalue weighted by Crippen LogP contribution is 2.27. The van der Waals surface area contributed by atoms with E-state index in [2.05, 4.69) is 0 Å². The Labute approximate surface area is 141 Å². The van der Waals surface area contributed by atoms with Crippen molar-refractivity contribution in [1.29, 1.82) is 10.5 Å². The van der Waals surface area contributed by atoms with Gasteiger partial charge in [-0.2, -0.15) is 10.5 Å². The number of hydrogen-bond acceptors (Lipinski definition) is 4. The van der Waals surface area contributed by atoms with Crippen LogP contribution in [0.1, 0.15) is 48.8 Å². The molecule has 0 aliphatic carbocycles. The van der Waals surface area contributed by atoms with E-state index >= 15 is 0 Å². The summed E-state index contributed by atoms with van der Waals surface area (Å²) in [5.41, 5.74) is 1.58. The maximum absolute atomic E-state index is 12.2. The second kappa shape index (κ2) is 8.50. The number of esters is 1. The molecule has 0 spiro atoms. The average molecular weight is 318 g/mol. The summed E-state index contributed by atoms with van der Waals surface area (Å²) in [6.07, 6.45) is 1.95. The van der Waals surface area contributed by atoms with Crippen molar-refractivity contribution in [2.45, 2.75) is 32.1 Å². The van der Waals surface area contributed by atoms with Gasteiger partial charge in [-0.15, -0.1) is 0 Å². The number of carbonyl (C=O) groups excluding carboxylic acids is 1. The molecule has 0 amide bonds. The molecule has 0 fully saturated rings. The monoisotopic (exact) mass is 318 g/mol. The number of benzene rings is 2. The van der Waals surface area contributed by atoms with Gasteiger partial charge in [-0.3, -0.25) is 4.79 Å². The van der Waals surface area contributed by atoms with Gasteiger partial charge in [-0.25, -0.2) is 0 Å². The van der Waals surface area contributed by atoms with Crippen molar-refractivity contribution < 1.29 is 9.53 Å². The molecule has 0 N–H and O–H groups in total. The topological polar surface area (TPSA) is 73.9 Å². The molecule has 0 aliphatic rings. The standard InChI is InChI=1S/C20H18N2O2/c1-2-6-15(12-20(23)24-19-7-4-3-5-8-19)16-9-10-17(13-21)18(11-16)14-22/h3-5,7-11,15H,2,6,12H2,1H3. The van der Waals surface area contributed by atoms with E-state index in [1.165, 1.54) is 0 Å². The zero-order chi connectivity index (χ0) is 17.4. The Morgan fingerprint density at radius 2 is 1.79 bits per heavy atom. The Morgan fingerprint density at radius 3 is 2.42 bits per heavy atom. The van der Waals surface area contributed by atoms with Crippen LogP contribution in [0.4, 0.5) is 0 Å². The molecule has 4 heteroatoms. The van der Waals surface area contributed by atoms with Crippen molar-refractivity contribution >= 4 is 5.97 Å². The van der Waals surface area contributed by atoms with Crippen LogP contribution >= 0.6 is 0 Å². The van der Waals surface area contributed by atoms with E-state index in [-0.39, 0.29) is 18.3 Å². The summed E-state index contributed by atoms with van der Waals surface area (Å²) < 4.78 is 5.36. The summed E-state index contributed by atoms with van der Waals surface area (Å²) >= 11 is 0. The van der Waals surface area contributed by atoms with Crippen LogP contribution in [0.15, 0.2) is 48.5 Å². The van der Waals surface area contributed by atoms with Gasteiger partial charge in [-0.05, 0) is 42.2 Å². The zero-order valence-corrected chi connectivity index (χ0v) is 13.5. The lowest BCUT2D eigenvalue weighted by atomic mass is 9.89. The van der Waals surface area contributed by atoms with E-state index < -0.39 is 0 Å². The molecule has 0 aliphatic heterocycles. The lowest BCUT2D eigenvalue weighted by molar-refractivity contribution is -0.134. The van der Waals surface area contributed by atoms with Gasteiger partial charge in [0.15, 0.2) is 0 Å². The summed E-state index contributed by atoms with van der Waals surface area (Å²) in [6, 6.07) is 18.2. The van der Waals surface area contributed by atoms with Crippen LogP contribution in [0, 0.1) is 22.7 Å². The van der Waals surface area contributed by atoms with Crippen LogP contribution in [0.25, 0.3) is 0 Å². The van der Waals surface area contributed by atoms with Gasteiger partial charge in [0.05, 0.1) is 17.5 Å². The fourth-order valence-electron chi connectivity index (χ4n) is 2.60. The van der Waals surface area contributed by atoms with Crippen LogP contribution in [-0.4, -0.2) is 5.97 Å². The van der Waals surface area contributed by atoms with Gasteiger partial charge < -0.3 is 4.74 Å². The third-order valence-corrected chi connectivity index (χ3v) is 3.78. The van der Waals surface area contributed by atoms with Gasteiger partial charge >= 0.3 is 5.97 Å². The molecule has 120 valence electrons. The summed E-state index contributed by atoms with van der Waals surface area (Å²) in [4.78, 5) is 12.2. The second-order valence-electron chi connectivity index (χ2n) is 5.51. The van der Waals surface area contributed by atoms with Crippen LogP contribution in [0.3, 0.4) is 0 Å². The molecule has 0 saturated carbocycles. The molecule has 0 saturated heterocycles. The van der Waals surface area contributed by atoms with Gasteiger partial charge in [0.25, 0.3) is 0 Å². The summed E-state index contributed by atoms with van der Waals surface area (Å²) in [5.74, 6) is 0.184. The van der Waals surface area contributed by atoms with Gasteiger partial charge in [-0.1, -0.05) is 37.6 Å². The predicted molar refractivity (Wildman–Crippen MR) is 90.2 cm³/mol. The van der Waals surface area contributed by atoms with Crippen molar-refractivity contribution in [2.24, 2.45) is 0 Å². The predicted octanol–water partition coefficient (Wildman–Crippen LogP) is 4.31. The van der Waals surface area contributed by atoms with E-state index in [1.54, 1.807) is 24.3 Å². The quantitative estimate of drug-likeness (QED) is 0.587. The first-order chi connectivity index (χ1) is 11.7. The molecule has 0 radical (unpaired) electrons. The van der Waals surface area contributed by atoms with Crippen molar-refractivity contribution in [1.82, 2.24) is 0 Å². The van der Waals surface area contributed by atoms with Gasteiger partial charge in [0.2, 0.25) is 0 Å². The minimum Gasteiger partial charge on any atom is -0.427 e. The number of nitriles is 2. The lowest BCUT2D eigenvalue weighted by Crippen LogP contribution is -2.13. The molecule has 0 aromatic heterocycles. The molecule has 2 rings (SSSR count). The Morgan fingerprint density at radius 1 is 1.08 bits per heavy atom. The molecule has 0 bridgehead atoms. The highest BCUT2D eigenvalue weighted by Gasteiger charge is 2.18. The van der Waals surface area contributed by atoms with Crippen molar-refractivity contribution in [3.63, 3.8) is 0 Å². The minimum atomic E-state index is -0.303. The van der Waals surface area contributed by atoms with Crippen molar-refractivity contribution in [3.05, 3.63) is 65.2 Å². The third kappa shape index (κ3) is 4.44. The number of ether oxygens (including phenoxy) is 1. The number of para-hydroxylation sites is 1. The van der Waals surface area contributed by atoms with Crippen LogP contribution in [0.5, 0.6) is 5.75 Å². The maximum Gasteiger partial charge on any atom is 0.311 e. The Balaban J connectivity index is 2.16. The highest BCUT2D eigenvalue weighted by atomic mass is 16.5. The first kappa shape index (κ1) is 17.2. The zero-order valence-electron chi connectivity index (χ0n) is 13.5. The average Bonchev–Trinajstić information content (AvgIpc) is 2.61. The summed E-state index contributed by atoms with van der Waals surface area (Å²) in [6.45, 7) is 2.05. The van der Waals surface area contributed by atoms with Crippen molar-refractivity contribution in [2.75, 3.05) is 0 Å². The molecule has 0 heterocycles. The van der Waals surface area contributed by atoms with E-state index in [9.17, 15) is 4.79 Å².